The standard InChI is InChI=1S/C26H26O6/c1-2-3-16-29-22-13-9-10-20(19-22)25(27)32-24-15-8-7-14-23(24)26(28)31-18-17-30-21-11-5-4-6-12-21/h4-15,19H,2-3,16-18H2,1H3. The quantitative estimate of drug-likeness (QED) is 0.231. The fraction of sp³-hybridized carbons (Fsp3) is 0.231. The van der Waals surface area contributed by atoms with E-state index in [-0.39, 0.29) is 24.5 Å². The van der Waals surface area contributed by atoms with E-state index in [4.69, 9.17) is 18.9 Å². The van der Waals surface area contributed by atoms with Crippen molar-refractivity contribution in [1.82, 2.24) is 0 Å². The zero-order chi connectivity index (χ0) is 22.6. The molecule has 0 bridgehead atoms. The molecule has 0 aliphatic rings. The molecule has 3 aromatic rings. The zero-order valence-electron chi connectivity index (χ0n) is 18.0. The van der Waals surface area contributed by atoms with Crippen LogP contribution in [0.15, 0.2) is 78.9 Å². The minimum absolute atomic E-state index is 0.0627. The molecule has 166 valence electrons. The Morgan fingerprint density at radius 2 is 1.44 bits per heavy atom. The molecular weight excluding hydrogens is 408 g/mol. The number of ether oxygens (including phenoxy) is 4. The highest BCUT2D eigenvalue weighted by molar-refractivity contribution is 5.96. The van der Waals surface area contributed by atoms with Gasteiger partial charge in [-0.15, -0.1) is 0 Å². The predicted octanol–water partition coefficient (Wildman–Crippen LogP) is 5.32. The Morgan fingerprint density at radius 1 is 0.719 bits per heavy atom. The maximum atomic E-state index is 12.6. The van der Waals surface area contributed by atoms with Crippen molar-refractivity contribution in [3.05, 3.63) is 90.0 Å². The topological polar surface area (TPSA) is 71.1 Å². The Bertz CT molecular complexity index is 1020. The van der Waals surface area contributed by atoms with Crippen LogP contribution in [0.5, 0.6) is 17.2 Å². The first-order valence-corrected chi connectivity index (χ1v) is 10.6. The minimum atomic E-state index is -0.596. The maximum Gasteiger partial charge on any atom is 0.343 e. The van der Waals surface area contributed by atoms with E-state index in [0.717, 1.165) is 12.8 Å². The molecule has 0 amide bonds. The van der Waals surface area contributed by atoms with E-state index in [1.54, 1.807) is 48.5 Å². The molecule has 6 heteroatoms. The largest absolute Gasteiger partial charge is 0.494 e. The predicted molar refractivity (Wildman–Crippen MR) is 120 cm³/mol. The number of hydrogen-bond donors (Lipinski definition) is 0. The minimum Gasteiger partial charge on any atom is -0.494 e. The molecule has 0 saturated heterocycles. The van der Waals surface area contributed by atoms with Crippen molar-refractivity contribution in [2.75, 3.05) is 19.8 Å². The van der Waals surface area contributed by atoms with Crippen molar-refractivity contribution in [1.29, 1.82) is 0 Å². The summed E-state index contributed by atoms with van der Waals surface area (Å²) in [4.78, 5) is 25.1. The molecule has 0 atom stereocenters. The molecule has 0 aliphatic carbocycles. The second-order valence-corrected chi connectivity index (χ2v) is 6.91. The van der Waals surface area contributed by atoms with E-state index in [0.29, 0.717) is 23.7 Å². The van der Waals surface area contributed by atoms with Crippen LogP contribution >= 0.6 is 0 Å². The van der Waals surface area contributed by atoms with Crippen molar-refractivity contribution >= 4 is 11.9 Å². The summed E-state index contributed by atoms with van der Waals surface area (Å²) in [5.41, 5.74) is 0.495. The number of esters is 2. The van der Waals surface area contributed by atoms with Crippen molar-refractivity contribution in [3.63, 3.8) is 0 Å². The molecule has 0 unspecified atom stereocenters. The molecule has 3 aromatic carbocycles. The molecule has 0 spiro atoms. The van der Waals surface area contributed by atoms with Gasteiger partial charge in [0.25, 0.3) is 0 Å². The Balaban J connectivity index is 1.58. The summed E-state index contributed by atoms with van der Waals surface area (Å²) in [5, 5.41) is 0. The third kappa shape index (κ3) is 6.87. The summed E-state index contributed by atoms with van der Waals surface area (Å²) in [5.74, 6) is 0.238. The van der Waals surface area contributed by atoms with Crippen LogP contribution in [0.25, 0.3) is 0 Å². The second-order valence-electron chi connectivity index (χ2n) is 6.91. The van der Waals surface area contributed by atoms with E-state index in [1.807, 2.05) is 30.3 Å². The first kappa shape index (κ1) is 22.9. The lowest BCUT2D eigenvalue weighted by molar-refractivity contribution is 0.0445. The Labute approximate surface area is 187 Å². The van der Waals surface area contributed by atoms with E-state index in [2.05, 4.69) is 6.92 Å². The van der Waals surface area contributed by atoms with Crippen LogP contribution in [0.4, 0.5) is 0 Å². The number of unbranched alkanes of at least 4 members (excludes halogenated alkanes) is 1. The molecule has 0 aromatic heterocycles. The molecule has 0 aliphatic heterocycles. The van der Waals surface area contributed by atoms with Crippen molar-refractivity contribution in [2.24, 2.45) is 0 Å². The summed E-state index contributed by atoms with van der Waals surface area (Å²) in [6.45, 7) is 2.93. The van der Waals surface area contributed by atoms with Crippen LogP contribution in [0.2, 0.25) is 0 Å². The summed E-state index contributed by atoms with van der Waals surface area (Å²) in [7, 11) is 0. The molecular formula is C26H26O6. The van der Waals surface area contributed by atoms with Crippen molar-refractivity contribution in [3.8, 4) is 17.2 Å². The molecule has 3 rings (SSSR count). The van der Waals surface area contributed by atoms with Crippen LogP contribution < -0.4 is 14.2 Å². The van der Waals surface area contributed by atoms with Gasteiger partial charge < -0.3 is 18.9 Å². The van der Waals surface area contributed by atoms with Crippen molar-refractivity contribution in [2.45, 2.75) is 19.8 Å². The van der Waals surface area contributed by atoms with Crippen LogP contribution in [-0.4, -0.2) is 31.8 Å². The normalized spacial score (nSPS) is 10.3. The molecule has 6 nitrogen and oxygen atoms in total. The summed E-state index contributed by atoms with van der Waals surface area (Å²) < 4.78 is 21.9. The zero-order valence-corrected chi connectivity index (χ0v) is 18.0. The van der Waals surface area contributed by atoms with Crippen LogP contribution in [0.3, 0.4) is 0 Å². The molecule has 0 fully saturated rings. The highest BCUT2D eigenvalue weighted by Crippen LogP contribution is 2.22. The Kier molecular flexibility index (Phi) is 8.69. The summed E-state index contributed by atoms with van der Waals surface area (Å²) in [6, 6.07) is 22.5. The van der Waals surface area contributed by atoms with Crippen LogP contribution in [0, 0.1) is 0 Å². The smallest absolute Gasteiger partial charge is 0.343 e. The molecule has 0 saturated carbocycles. The second kappa shape index (κ2) is 12.2. The molecule has 0 N–H and O–H groups in total. The number of rotatable bonds is 11. The third-order valence-electron chi connectivity index (χ3n) is 4.47. The van der Waals surface area contributed by atoms with Gasteiger partial charge in [0, 0.05) is 0 Å². The van der Waals surface area contributed by atoms with E-state index >= 15 is 0 Å². The van der Waals surface area contributed by atoms with E-state index in [9.17, 15) is 9.59 Å². The van der Waals surface area contributed by atoms with Gasteiger partial charge in [0.15, 0.2) is 0 Å². The van der Waals surface area contributed by atoms with E-state index < -0.39 is 11.9 Å². The number of benzene rings is 3. The van der Waals surface area contributed by atoms with Gasteiger partial charge in [0.2, 0.25) is 0 Å². The van der Waals surface area contributed by atoms with Crippen LogP contribution in [0.1, 0.15) is 40.5 Å². The van der Waals surface area contributed by atoms with Gasteiger partial charge >= 0.3 is 11.9 Å². The van der Waals surface area contributed by atoms with Gasteiger partial charge in [-0.25, -0.2) is 9.59 Å². The van der Waals surface area contributed by atoms with Gasteiger partial charge in [-0.05, 0) is 48.9 Å². The summed E-state index contributed by atoms with van der Waals surface area (Å²) >= 11 is 0. The number of carbonyl (C=O) groups excluding carboxylic acids is 2. The fourth-order valence-corrected chi connectivity index (χ4v) is 2.82. The maximum absolute atomic E-state index is 12.6. The summed E-state index contributed by atoms with van der Waals surface area (Å²) in [6.07, 6.45) is 1.95. The van der Waals surface area contributed by atoms with Crippen molar-refractivity contribution < 1.29 is 28.5 Å². The average molecular weight is 434 g/mol. The van der Waals surface area contributed by atoms with Gasteiger partial charge in [-0.3, -0.25) is 0 Å². The highest BCUT2D eigenvalue weighted by Gasteiger charge is 2.17. The van der Waals surface area contributed by atoms with Gasteiger partial charge in [-0.1, -0.05) is 49.7 Å². The lowest BCUT2D eigenvalue weighted by Crippen LogP contribution is -2.15. The first-order valence-electron chi connectivity index (χ1n) is 10.6. The molecule has 0 heterocycles. The van der Waals surface area contributed by atoms with Gasteiger partial charge in [0.05, 0.1) is 12.2 Å². The first-order chi connectivity index (χ1) is 15.7. The van der Waals surface area contributed by atoms with Crippen LogP contribution in [-0.2, 0) is 4.74 Å². The third-order valence-corrected chi connectivity index (χ3v) is 4.47. The number of hydrogen-bond acceptors (Lipinski definition) is 6. The molecule has 0 radical (unpaired) electrons. The Hall–Kier alpha value is -3.80. The van der Waals surface area contributed by atoms with Gasteiger partial charge in [0.1, 0.15) is 36.0 Å². The SMILES string of the molecule is CCCCOc1cccc(C(=O)Oc2ccccc2C(=O)OCCOc2ccccc2)c1. The lowest BCUT2D eigenvalue weighted by atomic mass is 10.2. The average Bonchev–Trinajstić information content (AvgIpc) is 2.83. The Morgan fingerprint density at radius 3 is 2.25 bits per heavy atom. The number of carbonyl (C=O) groups is 2. The van der Waals surface area contributed by atoms with Gasteiger partial charge in [-0.2, -0.15) is 0 Å². The lowest BCUT2D eigenvalue weighted by Gasteiger charge is -2.11. The molecule has 32 heavy (non-hydrogen) atoms. The van der Waals surface area contributed by atoms with E-state index in [1.165, 1.54) is 0 Å². The fourth-order valence-electron chi connectivity index (χ4n) is 2.82. The monoisotopic (exact) mass is 434 g/mol. The number of para-hydroxylation sites is 2. The highest BCUT2D eigenvalue weighted by atomic mass is 16.6.